The number of methoxy groups -OCH3 is 1. The van der Waals surface area contributed by atoms with Crippen LogP contribution in [0.15, 0.2) is 18.2 Å². The number of hydrogen-bond donors (Lipinski definition) is 1. The van der Waals surface area contributed by atoms with E-state index in [4.69, 9.17) is 9.84 Å². The van der Waals surface area contributed by atoms with Gasteiger partial charge >= 0.3 is 5.97 Å². The fraction of sp³-hybridized carbons (Fsp3) is 0.429. The number of amides is 1. The van der Waals surface area contributed by atoms with Crippen molar-refractivity contribution in [3.05, 3.63) is 29.6 Å². The van der Waals surface area contributed by atoms with Gasteiger partial charge < -0.3 is 14.7 Å². The quantitative estimate of drug-likeness (QED) is 0.919. The van der Waals surface area contributed by atoms with Crippen molar-refractivity contribution in [1.82, 2.24) is 4.90 Å². The molecule has 0 bridgehead atoms. The van der Waals surface area contributed by atoms with E-state index >= 15 is 0 Å². The maximum atomic E-state index is 13.3. The number of rotatable bonds is 4. The predicted octanol–water partition coefficient (Wildman–Crippen LogP) is 2.16. The van der Waals surface area contributed by atoms with Gasteiger partial charge in [0.25, 0.3) is 5.91 Å². The molecule has 1 rings (SSSR count). The van der Waals surface area contributed by atoms with E-state index < -0.39 is 29.8 Å². The number of nitrogens with zero attached hydrogens (tertiary/aromatic N) is 1. The summed E-state index contributed by atoms with van der Waals surface area (Å²) in [4.78, 5) is 24.5. The molecule has 1 amide bonds. The molecule has 20 heavy (non-hydrogen) atoms. The second-order valence-corrected chi connectivity index (χ2v) is 5.31. The third kappa shape index (κ3) is 3.69. The highest BCUT2D eigenvalue weighted by Crippen LogP contribution is 2.22. The molecule has 0 spiro atoms. The Labute approximate surface area is 117 Å². The van der Waals surface area contributed by atoms with E-state index in [0.717, 1.165) is 6.07 Å². The van der Waals surface area contributed by atoms with Gasteiger partial charge in [-0.2, -0.15) is 0 Å². The number of aliphatic carboxylic acids is 1. The molecule has 0 saturated carbocycles. The van der Waals surface area contributed by atoms with Crippen molar-refractivity contribution in [1.29, 1.82) is 0 Å². The van der Waals surface area contributed by atoms with E-state index in [2.05, 4.69) is 0 Å². The summed E-state index contributed by atoms with van der Waals surface area (Å²) < 4.78 is 18.2. The van der Waals surface area contributed by atoms with Crippen LogP contribution < -0.4 is 4.74 Å². The molecule has 0 aliphatic rings. The maximum absolute atomic E-state index is 13.3. The average Bonchev–Trinajstić information content (AvgIpc) is 2.34. The van der Waals surface area contributed by atoms with Gasteiger partial charge in [-0.15, -0.1) is 0 Å². The van der Waals surface area contributed by atoms with Crippen LogP contribution in [0.5, 0.6) is 5.75 Å². The molecule has 110 valence electrons. The largest absolute Gasteiger partial charge is 0.494 e. The van der Waals surface area contributed by atoms with Gasteiger partial charge in [0.15, 0.2) is 11.6 Å². The number of ether oxygens (including phenoxy) is 1. The van der Waals surface area contributed by atoms with Gasteiger partial charge in [0.2, 0.25) is 0 Å². The molecule has 0 aliphatic heterocycles. The molecule has 0 heterocycles. The normalized spacial score (nSPS) is 11.1. The van der Waals surface area contributed by atoms with E-state index in [0.29, 0.717) is 0 Å². The van der Waals surface area contributed by atoms with Gasteiger partial charge in [-0.3, -0.25) is 9.59 Å². The van der Waals surface area contributed by atoms with Crippen molar-refractivity contribution in [3.63, 3.8) is 0 Å². The summed E-state index contributed by atoms with van der Waals surface area (Å²) in [7, 11) is 1.30. The standard InChI is InChI=1S/C14H18FNO4/c1-14(2,3)16(8-12(17)18)13(19)9-5-6-10(15)11(7-9)20-4/h5-7H,8H2,1-4H3,(H,17,18). The Morgan fingerprint density at radius 2 is 1.95 bits per heavy atom. The molecule has 1 aromatic rings. The highest BCUT2D eigenvalue weighted by molar-refractivity contribution is 5.96. The Morgan fingerprint density at radius 3 is 2.40 bits per heavy atom. The number of carboxylic acid groups (broad SMARTS) is 1. The van der Waals surface area contributed by atoms with Crippen molar-refractivity contribution in [2.45, 2.75) is 26.3 Å². The molecule has 0 saturated heterocycles. The summed E-state index contributed by atoms with van der Waals surface area (Å²) >= 11 is 0. The molecule has 1 N–H and O–H groups in total. The molecule has 0 fully saturated rings. The van der Waals surface area contributed by atoms with Crippen molar-refractivity contribution < 1.29 is 23.8 Å². The molecule has 0 aliphatic carbocycles. The zero-order valence-electron chi connectivity index (χ0n) is 11.9. The van der Waals surface area contributed by atoms with E-state index in [1.165, 1.54) is 24.1 Å². The van der Waals surface area contributed by atoms with Gasteiger partial charge in [0.05, 0.1) is 7.11 Å². The SMILES string of the molecule is COc1cc(C(=O)N(CC(=O)O)C(C)(C)C)ccc1F. The molecular formula is C14H18FNO4. The lowest BCUT2D eigenvalue weighted by atomic mass is 10.0. The van der Waals surface area contributed by atoms with E-state index in [-0.39, 0.29) is 11.3 Å². The predicted molar refractivity (Wildman–Crippen MR) is 71.4 cm³/mol. The van der Waals surface area contributed by atoms with Crippen LogP contribution in [-0.4, -0.2) is 41.1 Å². The summed E-state index contributed by atoms with van der Waals surface area (Å²) in [6.07, 6.45) is 0. The van der Waals surface area contributed by atoms with E-state index in [9.17, 15) is 14.0 Å². The van der Waals surface area contributed by atoms with Gasteiger partial charge in [0, 0.05) is 11.1 Å². The summed E-state index contributed by atoms with van der Waals surface area (Å²) in [5.41, 5.74) is -0.490. The van der Waals surface area contributed by atoms with Crippen LogP contribution in [0.2, 0.25) is 0 Å². The number of carbonyl (C=O) groups is 2. The van der Waals surface area contributed by atoms with Crippen LogP contribution in [0.4, 0.5) is 4.39 Å². The van der Waals surface area contributed by atoms with Crippen molar-refractivity contribution in [2.75, 3.05) is 13.7 Å². The second-order valence-electron chi connectivity index (χ2n) is 5.31. The second kappa shape index (κ2) is 5.90. The first-order valence-electron chi connectivity index (χ1n) is 6.04. The number of benzene rings is 1. The smallest absolute Gasteiger partial charge is 0.323 e. The van der Waals surface area contributed by atoms with Crippen LogP contribution in [0, 0.1) is 5.82 Å². The number of halogens is 1. The zero-order chi connectivity index (χ0) is 15.5. The van der Waals surface area contributed by atoms with Gasteiger partial charge in [-0.05, 0) is 39.0 Å². The third-order valence-electron chi connectivity index (χ3n) is 2.75. The lowest BCUT2D eigenvalue weighted by Crippen LogP contribution is -2.48. The zero-order valence-corrected chi connectivity index (χ0v) is 11.9. The minimum Gasteiger partial charge on any atom is -0.494 e. The molecule has 0 unspecified atom stereocenters. The lowest BCUT2D eigenvalue weighted by Gasteiger charge is -2.34. The molecule has 6 heteroatoms. The Kier molecular flexibility index (Phi) is 4.70. The van der Waals surface area contributed by atoms with Gasteiger partial charge in [0.1, 0.15) is 6.54 Å². The lowest BCUT2D eigenvalue weighted by molar-refractivity contribution is -0.138. The van der Waals surface area contributed by atoms with Crippen LogP contribution in [0.25, 0.3) is 0 Å². The highest BCUT2D eigenvalue weighted by Gasteiger charge is 2.29. The maximum Gasteiger partial charge on any atom is 0.323 e. The Bertz CT molecular complexity index is 522. The molecule has 0 radical (unpaired) electrons. The summed E-state index contributed by atoms with van der Waals surface area (Å²) in [6, 6.07) is 3.69. The Balaban J connectivity index is 3.15. The topological polar surface area (TPSA) is 66.8 Å². The highest BCUT2D eigenvalue weighted by atomic mass is 19.1. The molecule has 5 nitrogen and oxygen atoms in total. The van der Waals surface area contributed by atoms with Crippen molar-refractivity contribution in [2.24, 2.45) is 0 Å². The summed E-state index contributed by atoms with van der Waals surface area (Å²) in [5, 5.41) is 8.91. The fourth-order valence-electron chi connectivity index (χ4n) is 1.70. The number of hydrogen-bond acceptors (Lipinski definition) is 3. The van der Waals surface area contributed by atoms with Gasteiger partial charge in [-0.1, -0.05) is 0 Å². The van der Waals surface area contributed by atoms with Crippen LogP contribution in [0.3, 0.4) is 0 Å². The third-order valence-corrected chi connectivity index (χ3v) is 2.75. The molecule has 0 atom stereocenters. The van der Waals surface area contributed by atoms with E-state index in [1.807, 2.05) is 0 Å². The first-order valence-corrected chi connectivity index (χ1v) is 6.04. The molecular weight excluding hydrogens is 265 g/mol. The number of carbonyl (C=O) groups excluding carboxylic acids is 1. The summed E-state index contributed by atoms with van der Waals surface area (Å²) in [6.45, 7) is 4.76. The minimum atomic E-state index is -1.11. The van der Waals surface area contributed by atoms with Crippen LogP contribution in [0.1, 0.15) is 31.1 Å². The Morgan fingerprint density at radius 1 is 1.35 bits per heavy atom. The summed E-state index contributed by atoms with van der Waals surface area (Å²) in [5.74, 6) is -2.23. The average molecular weight is 283 g/mol. The molecule has 0 aromatic heterocycles. The monoisotopic (exact) mass is 283 g/mol. The van der Waals surface area contributed by atoms with E-state index in [1.54, 1.807) is 20.8 Å². The Hall–Kier alpha value is -2.11. The van der Waals surface area contributed by atoms with Crippen LogP contribution in [-0.2, 0) is 4.79 Å². The fourth-order valence-corrected chi connectivity index (χ4v) is 1.70. The first kappa shape index (κ1) is 15.9. The van der Waals surface area contributed by atoms with Crippen molar-refractivity contribution >= 4 is 11.9 Å². The number of carboxylic acids is 1. The van der Waals surface area contributed by atoms with Crippen LogP contribution >= 0.6 is 0 Å². The van der Waals surface area contributed by atoms with Crippen molar-refractivity contribution in [3.8, 4) is 5.75 Å². The first-order chi connectivity index (χ1) is 9.16. The minimum absolute atomic E-state index is 0.0555. The van der Waals surface area contributed by atoms with Gasteiger partial charge in [-0.25, -0.2) is 4.39 Å². The molecule has 1 aromatic carbocycles.